The first-order valence-corrected chi connectivity index (χ1v) is 11.8. The molecule has 2 heterocycles. The largest absolute Gasteiger partial charge is 0.494 e. The number of aliphatic hydroxyl groups excluding tert-OH is 1. The van der Waals surface area contributed by atoms with Crippen molar-refractivity contribution in [3.05, 3.63) is 93.7 Å². The lowest BCUT2D eigenvalue weighted by Gasteiger charge is -2.22. The number of imidazole rings is 1. The minimum absolute atomic E-state index is 0.0333. The zero-order valence-electron chi connectivity index (χ0n) is 20.0. The first-order chi connectivity index (χ1) is 17.7. The number of hydrogen-bond donors (Lipinski definition) is 1. The van der Waals surface area contributed by atoms with Crippen molar-refractivity contribution in [1.29, 1.82) is 0 Å². The van der Waals surface area contributed by atoms with Gasteiger partial charge in [0.05, 0.1) is 43.1 Å². The molecule has 0 bridgehead atoms. The maximum absolute atomic E-state index is 14.7. The maximum atomic E-state index is 14.7. The van der Waals surface area contributed by atoms with Crippen molar-refractivity contribution in [3.63, 3.8) is 0 Å². The van der Waals surface area contributed by atoms with Crippen LogP contribution in [0.1, 0.15) is 29.2 Å². The second-order valence-electron chi connectivity index (χ2n) is 9.02. The van der Waals surface area contributed by atoms with E-state index in [9.17, 15) is 27.5 Å². The number of hydrogen-bond acceptors (Lipinski definition) is 4. The van der Waals surface area contributed by atoms with Gasteiger partial charge >= 0.3 is 11.9 Å². The molecule has 0 radical (unpaired) electrons. The first-order valence-electron chi connectivity index (χ1n) is 11.8. The average molecular weight is 516 g/mol. The van der Waals surface area contributed by atoms with Crippen molar-refractivity contribution in [3.8, 4) is 5.75 Å². The van der Waals surface area contributed by atoms with Crippen LogP contribution >= 0.6 is 0 Å². The van der Waals surface area contributed by atoms with Crippen LogP contribution < -0.4 is 15.3 Å². The summed E-state index contributed by atoms with van der Waals surface area (Å²) in [6.45, 7) is 0.113. The van der Waals surface area contributed by atoms with E-state index in [1.165, 1.54) is 42.0 Å². The summed E-state index contributed by atoms with van der Waals surface area (Å²) < 4.78 is 64.1. The second kappa shape index (κ2) is 9.59. The van der Waals surface area contributed by atoms with Gasteiger partial charge in [-0.05, 0) is 36.2 Å². The Morgan fingerprint density at radius 2 is 1.76 bits per heavy atom. The van der Waals surface area contributed by atoms with Crippen molar-refractivity contribution in [1.82, 2.24) is 9.13 Å². The maximum Gasteiger partial charge on any atom is 0.416 e. The van der Waals surface area contributed by atoms with Gasteiger partial charge in [-0.3, -0.25) is 9.13 Å². The van der Waals surface area contributed by atoms with E-state index in [0.29, 0.717) is 47.5 Å². The molecule has 10 heteroatoms. The van der Waals surface area contributed by atoms with E-state index >= 15 is 0 Å². The van der Waals surface area contributed by atoms with Crippen LogP contribution in [0.15, 0.2) is 65.5 Å². The molecule has 0 saturated carbocycles. The van der Waals surface area contributed by atoms with Crippen LogP contribution in [0.2, 0.25) is 0 Å². The molecule has 194 valence electrons. The Labute approximate surface area is 209 Å². The van der Waals surface area contributed by atoms with Gasteiger partial charge in [-0.1, -0.05) is 36.4 Å². The van der Waals surface area contributed by atoms with Crippen LogP contribution in [0.4, 0.5) is 23.2 Å². The predicted octanol–water partition coefficient (Wildman–Crippen LogP) is 4.96. The van der Waals surface area contributed by atoms with Gasteiger partial charge in [0.25, 0.3) is 0 Å². The molecular weight excluding hydrogens is 490 g/mol. The summed E-state index contributed by atoms with van der Waals surface area (Å²) in [5.41, 5.74) is 0.347. The molecule has 1 aliphatic rings. The molecule has 1 fully saturated rings. The van der Waals surface area contributed by atoms with Gasteiger partial charge in [-0.25, -0.2) is 9.18 Å². The van der Waals surface area contributed by atoms with Gasteiger partial charge in [0.2, 0.25) is 0 Å². The Morgan fingerprint density at radius 3 is 2.49 bits per heavy atom. The molecular formula is C27H25F4N3O3. The highest BCUT2D eigenvalue weighted by Gasteiger charge is 2.34. The number of nitrogens with zero attached hydrogens (tertiary/aromatic N) is 3. The second-order valence-corrected chi connectivity index (χ2v) is 9.02. The van der Waals surface area contributed by atoms with Crippen molar-refractivity contribution in [2.45, 2.75) is 31.8 Å². The minimum Gasteiger partial charge on any atom is -0.494 e. The molecule has 0 unspecified atom stereocenters. The van der Waals surface area contributed by atoms with E-state index in [4.69, 9.17) is 4.74 Å². The van der Waals surface area contributed by atoms with Gasteiger partial charge in [0, 0.05) is 18.7 Å². The van der Waals surface area contributed by atoms with Crippen LogP contribution in [0, 0.1) is 5.82 Å². The Hall–Kier alpha value is -3.79. The smallest absolute Gasteiger partial charge is 0.416 e. The van der Waals surface area contributed by atoms with E-state index in [1.54, 1.807) is 33.7 Å². The van der Waals surface area contributed by atoms with Crippen molar-refractivity contribution >= 4 is 16.7 Å². The summed E-state index contributed by atoms with van der Waals surface area (Å²) in [6, 6.07) is 14.4. The molecule has 5 rings (SSSR count). The number of methoxy groups -OCH3 is 1. The van der Waals surface area contributed by atoms with Gasteiger partial charge in [-0.15, -0.1) is 0 Å². The first kappa shape index (κ1) is 24.9. The SMILES string of the molecule is COc1cccc2c1n(Cc1ccccc1C(F)(F)F)c(=O)n2[C@@H]1CCN(c2c(F)cccc2CO)C1. The fourth-order valence-electron chi connectivity index (χ4n) is 5.27. The lowest BCUT2D eigenvalue weighted by atomic mass is 10.1. The topological polar surface area (TPSA) is 59.6 Å². The van der Waals surface area contributed by atoms with E-state index in [0.717, 1.165) is 6.07 Å². The third kappa shape index (κ3) is 4.35. The molecule has 0 amide bonds. The standard InChI is InChI=1S/C27H25F4N3O3/c1-37-23-11-5-10-22-25(23)33(14-17-6-2-3-8-20(17)27(29,30)31)26(36)34(22)19-12-13-32(15-19)24-18(16-35)7-4-9-21(24)28/h2-11,19,35H,12-16H2,1H3/t19-/m1/s1. The molecule has 1 saturated heterocycles. The van der Waals surface area contributed by atoms with E-state index < -0.39 is 23.2 Å². The van der Waals surface area contributed by atoms with Crippen molar-refractivity contribution in [2.24, 2.45) is 0 Å². The number of aromatic nitrogens is 2. The highest BCUT2D eigenvalue weighted by atomic mass is 19.4. The number of fused-ring (bicyclic) bond motifs is 1. The summed E-state index contributed by atoms with van der Waals surface area (Å²) >= 11 is 0. The molecule has 3 aromatic carbocycles. The third-order valence-corrected chi connectivity index (χ3v) is 6.90. The Morgan fingerprint density at radius 1 is 1.03 bits per heavy atom. The fourth-order valence-corrected chi connectivity index (χ4v) is 5.27. The summed E-state index contributed by atoms with van der Waals surface area (Å²) in [7, 11) is 1.44. The molecule has 1 aromatic heterocycles. The molecule has 0 aliphatic carbocycles. The number of ether oxygens (including phenoxy) is 1. The van der Waals surface area contributed by atoms with Crippen molar-refractivity contribution in [2.75, 3.05) is 25.1 Å². The summed E-state index contributed by atoms with van der Waals surface area (Å²) in [6.07, 6.45) is -4.06. The summed E-state index contributed by atoms with van der Waals surface area (Å²) in [5.74, 6) is -0.100. The molecule has 1 atom stereocenters. The zero-order chi connectivity index (χ0) is 26.3. The number of aliphatic hydroxyl groups is 1. The van der Waals surface area contributed by atoms with Gasteiger partial charge in [-0.2, -0.15) is 13.2 Å². The van der Waals surface area contributed by atoms with Crippen LogP contribution in [0.25, 0.3) is 11.0 Å². The van der Waals surface area contributed by atoms with Gasteiger partial charge in [0.15, 0.2) is 0 Å². The molecule has 6 nitrogen and oxygen atoms in total. The molecule has 37 heavy (non-hydrogen) atoms. The molecule has 0 spiro atoms. The van der Waals surface area contributed by atoms with Gasteiger partial charge in [0.1, 0.15) is 17.1 Å². The quantitative estimate of drug-likeness (QED) is 0.369. The molecule has 1 N–H and O–H groups in total. The summed E-state index contributed by atoms with van der Waals surface area (Å²) in [5, 5.41) is 9.71. The average Bonchev–Trinajstić information content (AvgIpc) is 3.45. The number of benzene rings is 3. The Kier molecular flexibility index (Phi) is 6.45. The lowest BCUT2D eigenvalue weighted by Crippen LogP contribution is -2.30. The van der Waals surface area contributed by atoms with Crippen LogP contribution in [0.3, 0.4) is 0 Å². The predicted molar refractivity (Wildman–Crippen MR) is 131 cm³/mol. The lowest BCUT2D eigenvalue weighted by molar-refractivity contribution is -0.138. The number of para-hydroxylation sites is 2. The molecule has 1 aliphatic heterocycles. The normalized spacial score (nSPS) is 16.1. The number of rotatable bonds is 6. The fraction of sp³-hybridized carbons (Fsp3) is 0.296. The third-order valence-electron chi connectivity index (χ3n) is 6.90. The van der Waals surface area contributed by atoms with Crippen LogP contribution in [-0.4, -0.2) is 34.4 Å². The molecule has 4 aromatic rings. The zero-order valence-corrected chi connectivity index (χ0v) is 20.0. The van der Waals surface area contributed by atoms with E-state index in [2.05, 4.69) is 0 Å². The number of alkyl halides is 3. The highest BCUT2D eigenvalue weighted by Crippen LogP contribution is 2.36. The highest BCUT2D eigenvalue weighted by molar-refractivity contribution is 5.83. The Balaban J connectivity index is 1.61. The van der Waals surface area contributed by atoms with Crippen molar-refractivity contribution < 1.29 is 27.4 Å². The van der Waals surface area contributed by atoms with Gasteiger partial charge < -0.3 is 14.7 Å². The van der Waals surface area contributed by atoms with Crippen LogP contribution in [-0.2, 0) is 19.3 Å². The monoisotopic (exact) mass is 515 g/mol. The van der Waals surface area contributed by atoms with E-state index in [-0.39, 0.29) is 24.8 Å². The number of anilines is 1. The minimum atomic E-state index is -4.57. The summed E-state index contributed by atoms with van der Waals surface area (Å²) in [4.78, 5) is 15.6. The number of halogens is 4. The van der Waals surface area contributed by atoms with E-state index in [1.807, 2.05) is 0 Å². The Bertz CT molecular complexity index is 1510. The van der Waals surface area contributed by atoms with Crippen LogP contribution in [0.5, 0.6) is 5.75 Å².